The minimum Gasteiger partial charge on any atom is -0.487 e. The third-order valence-corrected chi connectivity index (χ3v) is 4.58. The van der Waals surface area contributed by atoms with Crippen molar-refractivity contribution in [2.75, 3.05) is 18.2 Å². The van der Waals surface area contributed by atoms with Crippen LogP contribution in [0.15, 0.2) is 0 Å². The van der Waals surface area contributed by atoms with E-state index in [1.54, 1.807) is 0 Å². The van der Waals surface area contributed by atoms with E-state index in [2.05, 4.69) is 15.3 Å². The van der Waals surface area contributed by atoms with Crippen molar-refractivity contribution in [3.8, 4) is 5.75 Å². The maximum atomic E-state index is 11.2. The number of fused-ring (bicyclic) bond motifs is 1. The first kappa shape index (κ1) is 15.5. The van der Waals surface area contributed by atoms with Gasteiger partial charge in [-0.25, -0.2) is 9.97 Å². The van der Waals surface area contributed by atoms with Gasteiger partial charge in [0.1, 0.15) is 5.82 Å². The van der Waals surface area contributed by atoms with Crippen molar-refractivity contribution in [2.24, 2.45) is 0 Å². The van der Waals surface area contributed by atoms with Gasteiger partial charge < -0.3 is 10.1 Å². The number of hydrogen-bond acceptors (Lipinski definition) is 7. The molecule has 0 aromatic carbocycles. The Bertz CT molecular complexity index is 654. The Labute approximate surface area is 130 Å². The number of aryl methyl sites for hydroxylation is 1. The van der Waals surface area contributed by atoms with Crippen molar-refractivity contribution < 1.29 is 17.3 Å². The van der Waals surface area contributed by atoms with Gasteiger partial charge in [-0.05, 0) is 32.6 Å². The molecule has 122 valence electrons. The zero-order valence-electron chi connectivity index (χ0n) is 12.8. The van der Waals surface area contributed by atoms with Crippen LogP contribution in [0.3, 0.4) is 0 Å². The van der Waals surface area contributed by atoms with Crippen molar-refractivity contribution in [3.63, 3.8) is 0 Å². The molecule has 1 aliphatic heterocycles. The molecular weight excluding hydrogens is 306 g/mol. The quantitative estimate of drug-likeness (QED) is 0.836. The predicted molar refractivity (Wildman–Crippen MR) is 81.6 cm³/mol. The normalized spacial score (nSPS) is 24.6. The van der Waals surface area contributed by atoms with Crippen LogP contribution in [0.2, 0.25) is 0 Å². The highest BCUT2D eigenvalue weighted by atomic mass is 32.2. The molecule has 0 atom stereocenters. The van der Waals surface area contributed by atoms with E-state index in [1.165, 1.54) is 0 Å². The molecule has 0 saturated heterocycles. The maximum Gasteiger partial charge on any atom is 0.264 e. The Balaban J connectivity index is 1.62. The second kappa shape index (κ2) is 6.00. The van der Waals surface area contributed by atoms with Crippen LogP contribution in [-0.4, -0.2) is 43.4 Å². The predicted octanol–water partition coefficient (Wildman–Crippen LogP) is 1.42. The summed E-state index contributed by atoms with van der Waals surface area (Å²) >= 11 is 0. The van der Waals surface area contributed by atoms with Crippen molar-refractivity contribution in [1.29, 1.82) is 0 Å². The number of ether oxygens (including phenoxy) is 1. The first-order chi connectivity index (χ1) is 10.4. The first-order valence-corrected chi connectivity index (χ1v) is 9.37. The van der Waals surface area contributed by atoms with Gasteiger partial charge in [0.2, 0.25) is 0 Å². The van der Waals surface area contributed by atoms with Crippen molar-refractivity contribution in [2.45, 2.75) is 51.2 Å². The molecule has 2 aliphatic rings. The summed E-state index contributed by atoms with van der Waals surface area (Å²) in [5.41, 5.74) is 0.962. The van der Waals surface area contributed by atoms with Crippen LogP contribution in [0.1, 0.15) is 37.2 Å². The Morgan fingerprint density at radius 1 is 1.23 bits per heavy atom. The van der Waals surface area contributed by atoms with Crippen LogP contribution in [0.4, 0.5) is 5.82 Å². The lowest BCUT2D eigenvalue weighted by Gasteiger charge is -2.29. The maximum absolute atomic E-state index is 11.2. The topological polar surface area (TPSA) is 90.4 Å². The van der Waals surface area contributed by atoms with Gasteiger partial charge in [-0.15, -0.1) is 0 Å². The molecule has 1 saturated carbocycles. The van der Waals surface area contributed by atoms with Crippen LogP contribution in [-0.2, 0) is 20.7 Å². The molecule has 0 unspecified atom stereocenters. The molecule has 1 aromatic heterocycles. The first-order valence-electron chi connectivity index (χ1n) is 7.56. The summed E-state index contributed by atoms with van der Waals surface area (Å²) in [5, 5.41) is 3.42. The van der Waals surface area contributed by atoms with Gasteiger partial charge in [0.25, 0.3) is 10.1 Å². The number of hydrogen-bond donors (Lipinski definition) is 1. The van der Waals surface area contributed by atoms with Gasteiger partial charge in [-0.1, -0.05) is 0 Å². The average molecular weight is 327 g/mol. The molecule has 1 aromatic rings. The van der Waals surface area contributed by atoms with Crippen LogP contribution in [0, 0.1) is 6.92 Å². The lowest BCUT2D eigenvalue weighted by molar-refractivity contribution is 0.158. The highest BCUT2D eigenvalue weighted by Crippen LogP contribution is 2.33. The van der Waals surface area contributed by atoms with Crippen molar-refractivity contribution in [3.05, 3.63) is 11.5 Å². The van der Waals surface area contributed by atoms with Gasteiger partial charge in [-0.2, -0.15) is 8.42 Å². The molecule has 22 heavy (non-hydrogen) atoms. The molecule has 0 bridgehead atoms. The van der Waals surface area contributed by atoms with E-state index >= 15 is 0 Å². The summed E-state index contributed by atoms with van der Waals surface area (Å²) in [6.45, 7) is 2.53. The van der Waals surface area contributed by atoms with Crippen LogP contribution in [0.5, 0.6) is 5.75 Å². The lowest BCUT2D eigenvalue weighted by Crippen LogP contribution is -2.31. The number of rotatable bonds is 4. The zero-order valence-corrected chi connectivity index (χ0v) is 13.6. The van der Waals surface area contributed by atoms with E-state index in [4.69, 9.17) is 8.92 Å². The third kappa shape index (κ3) is 3.67. The summed E-state index contributed by atoms with van der Waals surface area (Å²) in [7, 11) is -3.37. The number of anilines is 1. The highest BCUT2D eigenvalue weighted by molar-refractivity contribution is 7.86. The SMILES string of the molecule is Cc1nc2c(c(NC3CCC(OS(C)(=O)=O)CC3)n1)OCC2. The summed E-state index contributed by atoms with van der Waals surface area (Å²) in [6, 6.07) is 0.252. The van der Waals surface area contributed by atoms with Gasteiger partial charge >= 0.3 is 0 Å². The molecule has 1 aliphatic carbocycles. The fourth-order valence-electron chi connectivity index (χ4n) is 3.03. The zero-order chi connectivity index (χ0) is 15.7. The minimum atomic E-state index is -3.37. The summed E-state index contributed by atoms with van der Waals surface area (Å²) in [6.07, 6.45) is 4.84. The Kier molecular flexibility index (Phi) is 4.22. The molecule has 0 amide bonds. The van der Waals surface area contributed by atoms with E-state index in [9.17, 15) is 8.42 Å². The van der Waals surface area contributed by atoms with Crippen molar-refractivity contribution in [1.82, 2.24) is 9.97 Å². The molecule has 1 N–H and O–H groups in total. The second-order valence-electron chi connectivity index (χ2n) is 5.91. The average Bonchev–Trinajstić information content (AvgIpc) is 2.87. The molecule has 0 spiro atoms. The smallest absolute Gasteiger partial charge is 0.264 e. The van der Waals surface area contributed by atoms with E-state index < -0.39 is 10.1 Å². The van der Waals surface area contributed by atoms with E-state index in [1.807, 2.05) is 6.92 Å². The number of nitrogens with one attached hydrogen (secondary N) is 1. The Morgan fingerprint density at radius 3 is 2.64 bits per heavy atom. The molecular formula is C14H21N3O4S. The van der Waals surface area contributed by atoms with Crippen LogP contribution >= 0.6 is 0 Å². The standard InChI is InChI=1S/C14H21N3O4S/c1-9-15-12-7-8-20-13(12)14(16-9)17-10-3-5-11(6-4-10)21-22(2,18)19/h10-11H,3-8H2,1-2H3,(H,15,16,17). The molecule has 0 radical (unpaired) electrons. The Morgan fingerprint density at radius 2 is 1.95 bits per heavy atom. The number of nitrogens with zero attached hydrogens (tertiary/aromatic N) is 2. The summed E-state index contributed by atoms with van der Waals surface area (Å²) in [4.78, 5) is 8.84. The monoisotopic (exact) mass is 327 g/mol. The largest absolute Gasteiger partial charge is 0.487 e. The molecule has 3 rings (SSSR count). The highest BCUT2D eigenvalue weighted by Gasteiger charge is 2.27. The summed E-state index contributed by atoms with van der Waals surface area (Å²) in [5.74, 6) is 2.26. The van der Waals surface area contributed by atoms with Gasteiger partial charge in [-0.3, -0.25) is 4.18 Å². The van der Waals surface area contributed by atoms with Gasteiger partial charge in [0.05, 0.1) is 24.7 Å². The van der Waals surface area contributed by atoms with Crippen LogP contribution < -0.4 is 10.1 Å². The van der Waals surface area contributed by atoms with Gasteiger partial charge in [0.15, 0.2) is 11.6 Å². The molecule has 8 heteroatoms. The molecule has 1 fully saturated rings. The number of aromatic nitrogens is 2. The van der Waals surface area contributed by atoms with Gasteiger partial charge in [0, 0.05) is 12.5 Å². The van der Waals surface area contributed by atoms with E-state index in [-0.39, 0.29) is 12.1 Å². The van der Waals surface area contributed by atoms with Crippen molar-refractivity contribution >= 4 is 15.9 Å². The van der Waals surface area contributed by atoms with E-state index in [0.29, 0.717) is 6.61 Å². The molecule has 7 nitrogen and oxygen atoms in total. The summed E-state index contributed by atoms with van der Waals surface area (Å²) < 4.78 is 33.0. The third-order valence-electron chi connectivity index (χ3n) is 3.96. The molecule has 2 heterocycles. The lowest BCUT2D eigenvalue weighted by atomic mass is 9.93. The fraction of sp³-hybridized carbons (Fsp3) is 0.714. The van der Waals surface area contributed by atoms with E-state index in [0.717, 1.165) is 61.4 Å². The van der Waals surface area contributed by atoms with Crippen LogP contribution in [0.25, 0.3) is 0 Å². The minimum absolute atomic E-state index is 0.206. The second-order valence-corrected chi connectivity index (χ2v) is 7.51. The Hall–Kier alpha value is -1.41. The fourth-order valence-corrected chi connectivity index (χ4v) is 3.72.